The van der Waals surface area contributed by atoms with Crippen LogP contribution in [0.3, 0.4) is 0 Å². The molecule has 4 rings (SSSR count). The summed E-state index contributed by atoms with van der Waals surface area (Å²) in [5.74, 6) is 0.240. The minimum atomic E-state index is -4.60. The van der Waals surface area contributed by atoms with E-state index in [-0.39, 0.29) is 40.4 Å². The maximum absolute atomic E-state index is 13.6. The Morgan fingerprint density at radius 2 is 1.57 bits per heavy atom. The summed E-state index contributed by atoms with van der Waals surface area (Å²) in [7, 11) is 0. The van der Waals surface area contributed by atoms with Crippen molar-refractivity contribution in [3.8, 4) is 22.9 Å². The Balaban J connectivity index is 1.61. The second-order valence-corrected chi connectivity index (χ2v) is 11.2. The summed E-state index contributed by atoms with van der Waals surface area (Å²) in [4.78, 5) is 26.2. The number of thioether (sulfide) groups is 1. The van der Waals surface area contributed by atoms with E-state index in [0.717, 1.165) is 35.0 Å². The number of aryl methyl sites for hydroxylation is 2. The summed E-state index contributed by atoms with van der Waals surface area (Å²) in [6.07, 6.45) is -4.60. The topological polar surface area (TPSA) is 117 Å². The van der Waals surface area contributed by atoms with Gasteiger partial charge in [-0.1, -0.05) is 30.0 Å². The molecule has 1 heterocycles. The van der Waals surface area contributed by atoms with Crippen molar-refractivity contribution in [2.24, 2.45) is 0 Å². The van der Waals surface area contributed by atoms with Gasteiger partial charge in [-0.25, -0.2) is 0 Å². The zero-order chi connectivity index (χ0) is 34.1. The molecule has 250 valence electrons. The van der Waals surface area contributed by atoms with Crippen molar-refractivity contribution in [1.29, 1.82) is 0 Å². The number of halogens is 3. The Bertz CT molecular complexity index is 1700. The Hall–Kier alpha value is -4.72. The number of hydrogen-bond acceptors (Lipinski definition) is 8. The van der Waals surface area contributed by atoms with Gasteiger partial charge < -0.3 is 24.8 Å². The molecule has 0 saturated carbocycles. The van der Waals surface area contributed by atoms with Crippen LogP contribution in [0, 0.1) is 13.8 Å². The first-order valence-corrected chi connectivity index (χ1v) is 15.9. The summed E-state index contributed by atoms with van der Waals surface area (Å²) in [6, 6.07) is 13.4. The molecule has 2 amide bonds. The quantitative estimate of drug-likeness (QED) is 0.141. The van der Waals surface area contributed by atoms with Gasteiger partial charge in [0.25, 0.3) is 5.91 Å². The normalized spacial score (nSPS) is 11.2. The minimum Gasteiger partial charge on any atom is -0.490 e. The van der Waals surface area contributed by atoms with Crippen LogP contribution in [-0.2, 0) is 17.5 Å². The molecule has 0 fully saturated rings. The molecule has 4 aromatic rings. The molecular weight excluding hydrogens is 635 g/mol. The number of aromatic nitrogens is 3. The van der Waals surface area contributed by atoms with Crippen molar-refractivity contribution in [2.75, 3.05) is 30.9 Å². The predicted octanol–water partition coefficient (Wildman–Crippen LogP) is 6.76. The third kappa shape index (κ3) is 8.97. The zero-order valence-corrected chi connectivity index (χ0v) is 27.5. The summed E-state index contributed by atoms with van der Waals surface area (Å²) in [6.45, 7) is 9.99. The number of hydrogen-bond donors (Lipinski definition) is 2. The fourth-order valence-electron chi connectivity index (χ4n) is 4.56. The van der Waals surface area contributed by atoms with Gasteiger partial charge in [0, 0.05) is 11.3 Å². The highest BCUT2D eigenvalue weighted by Crippen LogP contribution is 2.39. The highest BCUT2D eigenvalue weighted by molar-refractivity contribution is 7.99. The fourth-order valence-corrected chi connectivity index (χ4v) is 5.33. The van der Waals surface area contributed by atoms with Gasteiger partial charge in [0.15, 0.2) is 22.5 Å². The van der Waals surface area contributed by atoms with Gasteiger partial charge in [0.05, 0.1) is 43.4 Å². The van der Waals surface area contributed by atoms with E-state index in [1.807, 2.05) is 39.0 Å². The molecular formula is C33H36F3N5O5S. The largest absolute Gasteiger partial charge is 0.490 e. The standard InChI is InChI=1S/C33H36F3N5O5S/c1-6-44-26-15-22(16-27(45-7-2)30(26)46-8-3)31(43)37-18-28-39-40-32(41(28)24-11-9-10-23(17-24)33(34,35)36)47-19-29(42)38-25-14-20(4)12-13-21(25)5/h9-17H,6-8,18-19H2,1-5H3,(H,37,43)(H,38,42). The summed E-state index contributed by atoms with van der Waals surface area (Å²) < 4.78 is 59.4. The molecule has 47 heavy (non-hydrogen) atoms. The van der Waals surface area contributed by atoms with E-state index in [1.54, 1.807) is 13.8 Å². The number of carbonyl (C=O) groups is 2. The van der Waals surface area contributed by atoms with Crippen LogP contribution in [0.1, 0.15) is 53.6 Å². The van der Waals surface area contributed by atoms with Crippen molar-refractivity contribution in [3.63, 3.8) is 0 Å². The van der Waals surface area contributed by atoms with Crippen LogP contribution >= 0.6 is 11.8 Å². The second kappa shape index (κ2) is 15.7. The van der Waals surface area contributed by atoms with E-state index in [4.69, 9.17) is 14.2 Å². The Morgan fingerprint density at radius 1 is 0.894 bits per heavy atom. The summed E-state index contributed by atoms with van der Waals surface area (Å²) >= 11 is 1.00. The van der Waals surface area contributed by atoms with Gasteiger partial charge >= 0.3 is 6.18 Å². The maximum atomic E-state index is 13.6. The van der Waals surface area contributed by atoms with Crippen LogP contribution in [0.4, 0.5) is 18.9 Å². The molecule has 2 N–H and O–H groups in total. The molecule has 14 heteroatoms. The predicted molar refractivity (Wildman–Crippen MR) is 173 cm³/mol. The van der Waals surface area contributed by atoms with Gasteiger partial charge in [-0.05, 0) is 82.1 Å². The van der Waals surface area contributed by atoms with Gasteiger partial charge in [0.2, 0.25) is 11.7 Å². The lowest BCUT2D eigenvalue weighted by Gasteiger charge is -2.17. The van der Waals surface area contributed by atoms with E-state index in [0.29, 0.717) is 42.8 Å². The third-order valence-electron chi connectivity index (χ3n) is 6.71. The van der Waals surface area contributed by atoms with E-state index in [1.165, 1.54) is 28.8 Å². The van der Waals surface area contributed by atoms with E-state index < -0.39 is 17.6 Å². The van der Waals surface area contributed by atoms with Crippen LogP contribution in [-0.4, -0.2) is 52.2 Å². The molecule has 3 aromatic carbocycles. The third-order valence-corrected chi connectivity index (χ3v) is 7.64. The van der Waals surface area contributed by atoms with Gasteiger partial charge in [-0.15, -0.1) is 10.2 Å². The molecule has 0 aliphatic carbocycles. The lowest BCUT2D eigenvalue weighted by Crippen LogP contribution is -2.25. The second-order valence-electron chi connectivity index (χ2n) is 10.2. The fraction of sp³-hybridized carbons (Fsp3) is 0.333. The summed E-state index contributed by atoms with van der Waals surface area (Å²) in [5.41, 5.74) is 1.97. The molecule has 0 aliphatic heterocycles. The minimum absolute atomic E-state index is 0.0938. The van der Waals surface area contributed by atoms with E-state index in [9.17, 15) is 22.8 Å². The highest BCUT2D eigenvalue weighted by atomic mass is 32.2. The molecule has 0 saturated heterocycles. The molecule has 10 nitrogen and oxygen atoms in total. The van der Waals surface area contributed by atoms with Gasteiger partial charge in [-0.3, -0.25) is 14.2 Å². The molecule has 0 aliphatic rings. The Morgan fingerprint density at radius 3 is 2.21 bits per heavy atom. The number of nitrogens with one attached hydrogen (secondary N) is 2. The number of ether oxygens (including phenoxy) is 3. The van der Waals surface area contributed by atoms with Crippen molar-refractivity contribution < 1.29 is 37.0 Å². The average molecular weight is 672 g/mol. The molecule has 1 aromatic heterocycles. The lowest BCUT2D eigenvalue weighted by atomic mass is 10.1. The SMILES string of the molecule is CCOc1cc(C(=O)NCc2nnc(SCC(=O)Nc3cc(C)ccc3C)n2-c2cccc(C(F)(F)F)c2)cc(OCC)c1OCC. The Kier molecular flexibility index (Phi) is 11.8. The maximum Gasteiger partial charge on any atom is 0.416 e. The molecule has 0 radical (unpaired) electrons. The van der Waals surface area contributed by atoms with Gasteiger partial charge in [-0.2, -0.15) is 13.2 Å². The van der Waals surface area contributed by atoms with Gasteiger partial charge in [0.1, 0.15) is 0 Å². The first-order chi connectivity index (χ1) is 22.4. The number of carbonyl (C=O) groups excluding carboxylic acids is 2. The van der Waals surface area contributed by atoms with Crippen LogP contribution < -0.4 is 24.8 Å². The van der Waals surface area contributed by atoms with Crippen LogP contribution in [0.25, 0.3) is 5.69 Å². The lowest BCUT2D eigenvalue weighted by molar-refractivity contribution is -0.137. The van der Waals surface area contributed by atoms with Crippen LogP contribution in [0.15, 0.2) is 59.8 Å². The zero-order valence-electron chi connectivity index (χ0n) is 26.7. The van der Waals surface area contributed by atoms with Crippen molar-refractivity contribution in [1.82, 2.24) is 20.1 Å². The van der Waals surface area contributed by atoms with Crippen molar-refractivity contribution in [3.05, 3.63) is 82.7 Å². The average Bonchev–Trinajstić information content (AvgIpc) is 3.44. The summed E-state index contributed by atoms with van der Waals surface area (Å²) in [5, 5.41) is 14.1. The highest BCUT2D eigenvalue weighted by Gasteiger charge is 2.31. The number of alkyl halides is 3. The number of amides is 2. The van der Waals surface area contributed by atoms with Crippen LogP contribution in [0.5, 0.6) is 17.2 Å². The van der Waals surface area contributed by atoms with Crippen molar-refractivity contribution >= 4 is 29.3 Å². The van der Waals surface area contributed by atoms with Crippen molar-refractivity contribution in [2.45, 2.75) is 52.5 Å². The first-order valence-electron chi connectivity index (χ1n) is 14.9. The number of anilines is 1. The van der Waals surface area contributed by atoms with Crippen LogP contribution in [0.2, 0.25) is 0 Å². The molecule has 0 unspecified atom stereocenters. The smallest absolute Gasteiger partial charge is 0.416 e. The number of nitrogens with zero attached hydrogens (tertiary/aromatic N) is 3. The Labute approximate surface area is 275 Å². The first kappa shape index (κ1) is 35.1. The monoisotopic (exact) mass is 671 g/mol. The number of rotatable bonds is 14. The molecule has 0 spiro atoms. The molecule has 0 bridgehead atoms. The van der Waals surface area contributed by atoms with E-state index >= 15 is 0 Å². The van der Waals surface area contributed by atoms with E-state index in [2.05, 4.69) is 20.8 Å². The number of benzene rings is 3. The molecule has 0 atom stereocenters.